The third kappa shape index (κ3) is 2.18. The predicted octanol–water partition coefficient (Wildman–Crippen LogP) is 0.0738. The first-order valence-electron chi connectivity index (χ1n) is 6.25. The zero-order valence-corrected chi connectivity index (χ0v) is 10.9. The lowest BCUT2D eigenvalue weighted by Crippen LogP contribution is -2.42. The minimum Gasteiger partial charge on any atom is -0.390 e. The summed E-state index contributed by atoms with van der Waals surface area (Å²) in [4.78, 5) is 0. The second-order valence-electron chi connectivity index (χ2n) is 5.26. The van der Waals surface area contributed by atoms with E-state index in [0.717, 1.165) is 13.0 Å². The van der Waals surface area contributed by atoms with Gasteiger partial charge >= 0.3 is 0 Å². The minimum absolute atomic E-state index is 0.0581. The van der Waals surface area contributed by atoms with E-state index in [4.69, 9.17) is 0 Å². The van der Waals surface area contributed by atoms with Crippen LogP contribution in [0.25, 0.3) is 0 Å². The molecule has 3 unspecified atom stereocenters. The molecule has 1 fully saturated rings. The van der Waals surface area contributed by atoms with E-state index in [0.29, 0.717) is 5.92 Å². The first-order chi connectivity index (χ1) is 8.55. The van der Waals surface area contributed by atoms with Gasteiger partial charge in [0.2, 0.25) is 0 Å². The molecular weight excluding hydrogens is 250 g/mol. The Morgan fingerprint density at radius 3 is 2.72 bits per heavy atom. The van der Waals surface area contributed by atoms with Crippen LogP contribution in [0.2, 0.25) is 0 Å². The maximum absolute atomic E-state index is 11.4. The van der Waals surface area contributed by atoms with Crippen molar-refractivity contribution >= 4 is 9.84 Å². The molecule has 4 nitrogen and oxygen atoms in total. The van der Waals surface area contributed by atoms with Gasteiger partial charge in [-0.15, -0.1) is 0 Å². The summed E-state index contributed by atoms with van der Waals surface area (Å²) in [6.45, 7) is 0.744. The number of aliphatic hydroxyl groups excluding tert-OH is 1. The molecule has 1 saturated heterocycles. The highest BCUT2D eigenvalue weighted by Crippen LogP contribution is 2.34. The Bertz CT molecular complexity index is 555. The quantitative estimate of drug-likeness (QED) is 0.813. The highest BCUT2D eigenvalue weighted by atomic mass is 32.2. The van der Waals surface area contributed by atoms with Crippen molar-refractivity contribution in [1.29, 1.82) is 0 Å². The van der Waals surface area contributed by atoms with Crippen LogP contribution in [-0.2, 0) is 16.3 Å². The molecule has 1 aliphatic heterocycles. The number of aliphatic hydroxyl groups is 1. The van der Waals surface area contributed by atoms with E-state index in [-0.39, 0.29) is 17.5 Å². The van der Waals surface area contributed by atoms with Gasteiger partial charge in [-0.25, -0.2) is 8.42 Å². The van der Waals surface area contributed by atoms with E-state index < -0.39 is 15.9 Å². The second-order valence-corrected chi connectivity index (χ2v) is 7.41. The number of hydrogen-bond acceptors (Lipinski definition) is 4. The fraction of sp³-hybridized carbons (Fsp3) is 0.538. The van der Waals surface area contributed by atoms with Gasteiger partial charge in [-0.05, 0) is 17.5 Å². The van der Waals surface area contributed by atoms with E-state index in [9.17, 15) is 13.5 Å². The van der Waals surface area contributed by atoms with E-state index in [1.165, 1.54) is 11.1 Å². The topological polar surface area (TPSA) is 66.4 Å². The van der Waals surface area contributed by atoms with Crippen molar-refractivity contribution in [3.8, 4) is 0 Å². The third-order valence-electron chi connectivity index (χ3n) is 3.91. The van der Waals surface area contributed by atoms with Gasteiger partial charge in [0.05, 0.1) is 17.6 Å². The van der Waals surface area contributed by atoms with Gasteiger partial charge in [-0.2, -0.15) is 0 Å². The first kappa shape index (κ1) is 12.1. The van der Waals surface area contributed by atoms with Gasteiger partial charge < -0.3 is 10.4 Å². The van der Waals surface area contributed by atoms with Gasteiger partial charge in [0.25, 0.3) is 0 Å². The summed E-state index contributed by atoms with van der Waals surface area (Å²) < 4.78 is 22.8. The maximum atomic E-state index is 11.4. The minimum atomic E-state index is -3.05. The van der Waals surface area contributed by atoms with Crippen LogP contribution in [0.15, 0.2) is 24.3 Å². The van der Waals surface area contributed by atoms with Crippen LogP contribution in [0.3, 0.4) is 0 Å². The van der Waals surface area contributed by atoms with Crippen molar-refractivity contribution in [1.82, 2.24) is 5.32 Å². The van der Waals surface area contributed by atoms with E-state index in [1.54, 1.807) is 0 Å². The monoisotopic (exact) mass is 267 g/mol. The summed E-state index contributed by atoms with van der Waals surface area (Å²) in [6, 6.07) is 8.01. The molecule has 2 aliphatic rings. The smallest absolute Gasteiger partial charge is 0.154 e. The molecule has 0 radical (unpaired) electrons. The molecule has 0 spiro atoms. The molecule has 3 rings (SSSR count). The predicted molar refractivity (Wildman–Crippen MR) is 69.3 cm³/mol. The van der Waals surface area contributed by atoms with Gasteiger partial charge in [0.1, 0.15) is 0 Å². The molecule has 1 aromatic rings. The van der Waals surface area contributed by atoms with Crippen LogP contribution in [0, 0.1) is 0 Å². The molecule has 1 aromatic carbocycles. The van der Waals surface area contributed by atoms with Crippen LogP contribution in [-0.4, -0.2) is 43.7 Å². The molecule has 5 heteroatoms. The summed E-state index contributed by atoms with van der Waals surface area (Å²) in [5.74, 6) is 0.408. The first-order valence-corrected chi connectivity index (χ1v) is 8.07. The fourth-order valence-corrected chi connectivity index (χ4v) is 4.64. The Balaban J connectivity index is 1.58. The summed E-state index contributed by atoms with van der Waals surface area (Å²) in [7, 11) is -3.05. The molecule has 3 atom stereocenters. The normalized spacial score (nSPS) is 32.8. The van der Waals surface area contributed by atoms with E-state index in [1.807, 2.05) is 12.1 Å². The van der Waals surface area contributed by atoms with Gasteiger partial charge in [-0.1, -0.05) is 24.3 Å². The Morgan fingerprint density at radius 2 is 2.06 bits per heavy atom. The maximum Gasteiger partial charge on any atom is 0.154 e. The summed E-state index contributed by atoms with van der Waals surface area (Å²) in [5.41, 5.74) is 2.73. The molecule has 2 N–H and O–H groups in total. The van der Waals surface area contributed by atoms with Crippen LogP contribution >= 0.6 is 0 Å². The lowest BCUT2D eigenvalue weighted by Gasteiger charge is -2.31. The van der Waals surface area contributed by atoms with Crippen molar-refractivity contribution in [2.45, 2.75) is 24.5 Å². The van der Waals surface area contributed by atoms with Crippen LogP contribution in [0.5, 0.6) is 0 Å². The number of hydrogen-bond donors (Lipinski definition) is 2. The van der Waals surface area contributed by atoms with Crippen molar-refractivity contribution in [2.24, 2.45) is 0 Å². The second kappa shape index (κ2) is 4.33. The average Bonchev–Trinajstić information content (AvgIpc) is 2.53. The number of nitrogens with one attached hydrogen (secondary N) is 1. The van der Waals surface area contributed by atoms with Crippen LogP contribution in [0.4, 0.5) is 0 Å². The van der Waals surface area contributed by atoms with Crippen LogP contribution in [0.1, 0.15) is 17.0 Å². The lowest BCUT2D eigenvalue weighted by atomic mass is 9.77. The standard InChI is InChI=1S/C13H17NO3S/c15-13-8-18(16,17)7-12(13)14-6-10-5-9-3-1-2-4-11(9)10/h1-4,10,12-15H,5-8H2. The zero-order chi connectivity index (χ0) is 12.8. The highest BCUT2D eigenvalue weighted by molar-refractivity contribution is 7.91. The molecule has 0 amide bonds. The lowest BCUT2D eigenvalue weighted by molar-refractivity contribution is 0.164. The Kier molecular flexibility index (Phi) is 2.92. The molecule has 18 heavy (non-hydrogen) atoms. The van der Waals surface area contributed by atoms with Gasteiger partial charge in [0, 0.05) is 18.5 Å². The largest absolute Gasteiger partial charge is 0.390 e. The molecule has 1 heterocycles. The molecule has 1 aliphatic carbocycles. The number of benzene rings is 1. The molecule has 0 aromatic heterocycles. The average molecular weight is 267 g/mol. The van der Waals surface area contributed by atoms with Crippen molar-refractivity contribution in [3.05, 3.63) is 35.4 Å². The third-order valence-corrected chi connectivity index (χ3v) is 5.63. The fourth-order valence-electron chi connectivity index (χ4n) is 2.86. The SMILES string of the molecule is O=S1(=O)CC(O)C(NCC2Cc3ccccc32)C1. The summed E-state index contributed by atoms with van der Waals surface area (Å²) in [6.07, 6.45) is 0.281. The van der Waals surface area contributed by atoms with Crippen molar-refractivity contribution < 1.29 is 13.5 Å². The highest BCUT2D eigenvalue weighted by Gasteiger charge is 2.37. The Morgan fingerprint density at radius 1 is 1.28 bits per heavy atom. The summed E-state index contributed by atoms with van der Waals surface area (Å²) in [5, 5.41) is 12.9. The Labute approximate surface area is 107 Å². The molecule has 98 valence electrons. The number of sulfone groups is 1. The van der Waals surface area contributed by atoms with Gasteiger partial charge in [0.15, 0.2) is 9.84 Å². The van der Waals surface area contributed by atoms with Crippen molar-refractivity contribution in [2.75, 3.05) is 18.1 Å². The van der Waals surface area contributed by atoms with Crippen LogP contribution < -0.4 is 5.32 Å². The molecular formula is C13H17NO3S. The Hall–Kier alpha value is -0.910. The number of fused-ring (bicyclic) bond motifs is 1. The molecule has 0 bridgehead atoms. The molecule has 0 saturated carbocycles. The van der Waals surface area contributed by atoms with Gasteiger partial charge in [-0.3, -0.25) is 0 Å². The van der Waals surface area contributed by atoms with Crippen molar-refractivity contribution in [3.63, 3.8) is 0 Å². The van der Waals surface area contributed by atoms with E-state index in [2.05, 4.69) is 17.4 Å². The zero-order valence-electron chi connectivity index (χ0n) is 10.0. The van der Waals surface area contributed by atoms with E-state index >= 15 is 0 Å². The number of rotatable bonds is 3. The summed E-state index contributed by atoms with van der Waals surface area (Å²) >= 11 is 0.